The van der Waals surface area contributed by atoms with Crippen LogP contribution in [0.25, 0.3) is 0 Å². The largest absolute Gasteiger partial charge is 0.494 e. The molecular weight excluding hydrogens is 252 g/mol. The van der Waals surface area contributed by atoms with Crippen molar-refractivity contribution in [2.24, 2.45) is 0 Å². The number of anilines is 1. The first kappa shape index (κ1) is 16.5. The lowest BCUT2D eigenvalue weighted by Crippen LogP contribution is -2.34. The van der Waals surface area contributed by atoms with Crippen molar-refractivity contribution < 1.29 is 9.53 Å². The van der Waals surface area contributed by atoms with Crippen LogP contribution in [0.2, 0.25) is 0 Å². The van der Waals surface area contributed by atoms with Crippen LogP contribution >= 0.6 is 0 Å². The SMILES string of the molecule is CCCN(CCC)CC(=O)Nc1cccc(OCC)c1. The van der Waals surface area contributed by atoms with E-state index in [1.165, 1.54) is 0 Å². The third-order valence-electron chi connectivity index (χ3n) is 2.88. The highest BCUT2D eigenvalue weighted by molar-refractivity contribution is 5.92. The highest BCUT2D eigenvalue weighted by atomic mass is 16.5. The topological polar surface area (TPSA) is 41.6 Å². The van der Waals surface area contributed by atoms with Crippen molar-refractivity contribution in [2.45, 2.75) is 33.6 Å². The predicted molar refractivity (Wildman–Crippen MR) is 83.3 cm³/mol. The van der Waals surface area contributed by atoms with Gasteiger partial charge in [-0.25, -0.2) is 0 Å². The van der Waals surface area contributed by atoms with Crippen LogP contribution in [0.15, 0.2) is 24.3 Å². The summed E-state index contributed by atoms with van der Waals surface area (Å²) < 4.78 is 5.42. The second-order valence-electron chi connectivity index (χ2n) is 4.79. The Morgan fingerprint density at radius 1 is 1.20 bits per heavy atom. The number of hydrogen-bond donors (Lipinski definition) is 1. The molecule has 0 aromatic heterocycles. The van der Waals surface area contributed by atoms with Gasteiger partial charge in [0.05, 0.1) is 13.2 Å². The molecule has 112 valence electrons. The van der Waals surface area contributed by atoms with Gasteiger partial charge in [-0.15, -0.1) is 0 Å². The van der Waals surface area contributed by atoms with E-state index in [4.69, 9.17) is 4.74 Å². The summed E-state index contributed by atoms with van der Waals surface area (Å²) in [5, 5.41) is 2.93. The summed E-state index contributed by atoms with van der Waals surface area (Å²) in [6.45, 7) is 9.19. The molecule has 0 unspecified atom stereocenters. The molecule has 0 spiro atoms. The lowest BCUT2D eigenvalue weighted by atomic mass is 10.3. The number of carbonyl (C=O) groups excluding carboxylic acids is 1. The molecule has 0 saturated carbocycles. The summed E-state index contributed by atoms with van der Waals surface area (Å²) >= 11 is 0. The fourth-order valence-electron chi connectivity index (χ4n) is 2.14. The standard InChI is InChI=1S/C16H26N2O2/c1-4-10-18(11-5-2)13-16(19)17-14-8-7-9-15(12-14)20-6-3/h7-9,12H,4-6,10-11,13H2,1-3H3,(H,17,19). The Morgan fingerprint density at radius 3 is 2.50 bits per heavy atom. The van der Waals surface area contributed by atoms with Crippen molar-refractivity contribution in [1.29, 1.82) is 0 Å². The molecular formula is C16H26N2O2. The van der Waals surface area contributed by atoms with Crippen LogP contribution in [0.3, 0.4) is 0 Å². The summed E-state index contributed by atoms with van der Waals surface area (Å²) in [4.78, 5) is 14.2. The molecule has 0 aliphatic carbocycles. The fourth-order valence-corrected chi connectivity index (χ4v) is 2.14. The van der Waals surface area contributed by atoms with Crippen LogP contribution in [0.4, 0.5) is 5.69 Å². The average molecular weight is 278 g/mol. The zero-order valence-corrected chi connectivity index (χ0v) is 12.8. The maximum atomic E-state index is 12.0. The predicted octanol–water partition coefficient (Wildman–Crippen LogP) is 3.15. The molecule has 1 amide bonds. The molecule has 1 rings (SSSR count). The monoisotopic (exact) mass is 278 g/mol. The van der Waals surface area contributed by atoms with E-state index in [0.717, 1.165) is 37.4 Å². The van der Waals surface area contributed by atoms with E-state index in [2.05, 4.69) is 24.1 Å². The van der Waals surface area contributed by atoms with E-state index in [-0.39, 0.29) is 5.91 Å². The van der Waals surface area contributed by atoms with Gasteiger partial charge in [0.25, 0.3) is 0 Å². The highest BCUT2D eigenvalue weighted by Gasteiger charge is 2.09. The molecule has 1 N–H and O–H groups in total. The van der Waals surface area contributed by atoms with Gasteiger partial charge in [-0.2, -0.15) is 0 Å². The summed E-state index contributed by atoms with van der Waals surface area (Å²) in [7, 11) is 0. The van der Waals surface area contributed by atoms with Crippen molar-refractivity contribution in [3.63, 3.8) is 0 Å². The number of hydrogen-bond acceptors (Lipinski definition) is 3. The summed E-state index contributed by atoms with van der Waals surface area (Å²) in [5.74, 6) is 0.810. The molecule has 0 heterocycles. The molecule has 0 saturated heterocycles. The number of nitrogens with zero attached hydrogens (tertiary/aromatic N) is 1. The molecule has 0 aliphatic heterocycles. The van der Waals surface area contributed by atoms with Crippen LogP contribution in [-0.2, 0) is 4.79 Å². The zero-order valence-electron chi connectivity index (χ0n) is 12.8. The van der Waals surface area contributed by atoms with Crippen molar-refractivity contribution >= 4 is 11.6 Å². The number of carbonyl (C=O) groups is 1. The van der Waals surface area contributed by atoms with Gasteiger partial charge in [0.1, 0.15) is 5.75 Å². The molecule has 4 nitrogen and oxygen atoms in total. The van der Waals surface area contributed by atoms with Crippen LogP contribution in [-0.4, -0.2) is 37.0 Å². The molecule has 1 aromatic carbocycles. The minimum atomic E-state index is 0.0283. The molecule has 0 bridgehead atoms. The van der Waals surface area contributed by atoms with Gasteiger partial charge in [0.2, 0.25) is 5.91 Å². The van der Waals surface area contributed by atoms with E-state index < -0.39 is 0 Å². The smallest absolute Gasteiger partial charge is 0.238 e. The van der Waals surface area contributed by atoms with Crippen molar-refractivity contribution in [3.8, 4) is 5.75 Å². The Labute approximate surface area is 122 Å². The number of ether oxygens (including phenoxy) is 1. The van der Waals surface area contributed by atoms with E-state index in [1.54, 1.807) is 0 Å². The quantitative estimate of drug-likeness (QED) is 0.754. The van der Waals surface area contributed by atoms with E-state index >= 15 is 0 Å². The minimum absolute atomic E-state index is 0.0283. The number of amides is 1. The molecule has 4 heteroatoms. The van der Waals surface area contributed by atoms with Gasteiger partial charge in [-0.3, -0.25) is 9.69 Å². The number of benzene rings is 1. The molecule has 20 heavy (non-hydrogen) atoms. The van der Waals surface area contributed by atoms with E-state index in [9.17, 15) is 4.79 Å². The molecule has 0 radical (unpaired) electrons. The van der Waals surface area contributed by atoms with Crippen LogP contribution in [0.1, 0.15) is 33.6 Å². The van der Waals surface area contributed by atoms with Gasteiger partial charge in [0.15, 0.2) is 0 Å². The summed E-state index contributed by atoms with van der Waals surface area (Å²) in [5.41, 5.74) is 0.786. The van der Waals surface area contributed by atoms with Gasteiger partial charge < -0.3 is 10.1 Å². The number of nitrogens with one attached hydrogen (secondary N) is 1. The normalized spacial score (nSPS) is 10.6. The van der Waals surface area contributed by atoms with Crippen LogP contribution in [0.5, 0.6) is 5.75 Å². The summed E-state index contributed by atoms with van der Waals surface area (Å²) in [6, 6.07) is 7.51. The lowest BCUT2D eigenvalue weighted by molar-refractivity contribution is -0.117. The highest BCUT2D eigenvalue weighted by Crippen LogP contribution is 2.17. The van der Waals surface area contributed by atoms with Gasteiger partial charge in [0, 0.05) is 11.8 Å². The fraction of sp³-hybridized carbons (Fsp3) is 0.562. The van der Waals surface area contributed by atoms with E-state index in [1.807, 2.05) is 31.2 Å². The second kappa shape index (κ2) is 9.37. The Morgan fingerprint density at radius 2 is 1.90 bits per heavy atom. The van der Waals surface area contributed by atoms with Crippen LogP contribution in [0, 0.1) is 0 Å². The maximum absolute atomic E-state index is 12.0. The first-order chi connectivity index (χ1) is 9.69. The van der Waals surface area contributed by atoms with Gasteiger partial charge in [-0.1, -0.05) is 19.9 Å². The third-order valence-corrected chi connectivity index (χ3v) is 2.88. The Balaban J connectivity index is 2.53. The molecule has 0 aliphatic rings. The maximum Gasteiger partial charge on any atom is 0.238 e. The second-order valence-corrected chi connectivity index (χ2v) is 4.79. The first-order valence-electron chi connectivity index (χ1n) is 7.44. The Bertz CT molecular complexity index is 401. The van der Waals surface area contributed by atoms with Gasteiger partial charge in [-0.05, 0) is 45.0 Å². The lowest BCUT2D eigenvalue weighted by Gasteiger charge is -2.20. The summed E-state index contributed by atoms with van der Waals surface area (Å²) in [6.07, 6.45) is 2.13. The van der Waals surface area contributed by atoms with Crippen molar-refractivity contribution in [2.75, 3.05) is 31.6 Å². The van der Waals surface area contributed by atoms with Crippen LogP contribution < -0.4 is 10.1 Å². The Hall–Kier alpha value is -1.55. The van der Waals surface area contributed by atoms with Crippen molar-refractivity contribution in [1.82, 2.24) is 4.90 Å². The molecule has 0 atom stereocenters. The number of rotatable bonds is 9. The first-order valence-corrected chi connectivity index (χ1v) is 7.44. The van der Waals surface area contributed by atoms with Crippen molar-refractivity contribution in [3.05, 3.63) is 24.3 Å². The molecule has 1 aromatic rings. The zero-order chi connectivity index (χ0) is 14.8. The Kier molecular flexibility index (Phi) is 7.73. The molecule has 0 fully saturated rings. The average Bonchev–Trinajstić information content (AvgIpc) is 2.40. The minimum Gasteiger partial charge on any atom is -0.494 e. The third kappa shape index (κ3) is 6.06. The van der Waals surface area contributed by atoms with E-state index in [0.29, 0.717) is 13.2 Å². The van der Waals surface area contributed by atoms with Gasteiger partial charge >= 0.3 is 0 Å².